The van der Waals surface area contributed by atoms with Gasteiger partial charge in [-0.1, -0.05) is 13.8 Å². The molecule has 5 nitrogen and oxygen atoms in total. The molecule has 0 spiro atoms. The van der Waals surface area contributed by atoms with Gasteiger partial charge in [0.05, 0.1) is 18.4 Å². The van der Waals surface area contributed by atoms with Gasteiger partial charge in [-0.25, -0.2) is 4.98 Å². The van der Waals surface area contributed by atoms with Crippen molar-refractivity contribution in [1.29, 1.82) is 0 Å². The number of nitrogens with zero attached hydrogens (tertiary/aromatic N) is 3. The number of nitrogen functional groups attached to an aromatic ring is 1. The molecule has 1 saturated heterocycles. The summed E-state index contributed by atoms with van der Waals surface area (Å²) >= 11 is 0. The Bertz CT molecular complexity index is 489. The third kappa shape index (κ3) is 2.59. The molecule has 2 aliphatic rings. The van der Waals surface area contributed by atoms with Crippen LogP contribution in [0.4, 0.5) is 11.8 Å². The van der Waals surface area contributed by atoms with E-state index in [0.717, 1.165) is 44.0 Å². The number of hydrogen-bond donors (Lipinski definition) is 1. The molecular weight excluding hydrogens is 252 g/mol. The number of hydrogen-bond acceptors (Lipinski definition) is 5. The highest BCUT2D eigenvalue weighted by Gasteiger charge is 2.27. The lowest BCUT2D eigenvalue weighted by Gasteiger charge is -2.37. The standard InChI is InChI=1S/C15H24N4O/c1-10(2)13-9-19(7-8-20-13)14-11-5-3-4-6-12(11)17-15(16)18-14/h10,13H,3-9H2,1-2H3,(H2,16,17,18). The zero-order valence-electron chi connectivity index (χ0n) is 12.4. The number of rotatable bonds is 2. The number of nitrogens with two attached hydrogens (primary N) is 1. The normalized spacial score (nSPS) is 22.9. The Morgan fingerprint density at radius 3 is 2.85 bits per heavy atom. The summed E-state index contributed by atoms with van der Waals surface area (Å²) < 4.78 is 5.85. The molecule has 1 aromatic rings. The van der Waals surface area contributed by atoms with E-state index in [0.29, 0.717) is 11.9 Å². The second-order valence-electron chi connectivity index (χ2n) is 6.14. The Labute approximate surface area is 120 Å². The molecule has 5 heteroatoms. The van der Waals surface area contributed by atoms with Gasteiger partial charge in [0.2, 0.25) is 5.95 Å². The SMILES string of the molecule is CC(C)C1CN(c2nc(N)nc3c2CCCC3)CCO1. The molecule has 0 saturated carbocycles. The second kappa shape index (κ2) is 5.56. The highest BCUT2D eigenvalue weighted by Crippen LogP contribution is 2.30. The van der Waals surface area contributed by atoms with Crippen molar-refractivity contribution >= 4 is 11.8 Å². The summed E-state index contributed by atoms with van der Waals surface area (Å²) in [6.45, 7) is 6.98. The van der Waals surface area contributed by atoms with Gasteiger partial charge >= 0.3 is 0 Å². The lowest BCUT2D eigenvalue weighted by Crippen LogP contribution is -2.45. The largest absolute Gasteiger partial charge is 0.374 e. The third-order valence-electron chi connectivity index (χ3n) is 4.32. The van der Waals surface area contributed by atoms with Crippen molar-refractivity contribution in [2.45, 2.75) is 45.6 Å². The van der Waals surface area contributed by atoms with E-state index < -0.39 is 0 Å². The van der Waals surface area contributed by atoms with Gasteiger partial charge in [0, 0.05) is 18.7 Å². The molecule has 1 aromatic heterocycles. The molecule has 1 aliphatic heterocycles. The maximum Gasteiger partial charge on any atom is 0.222 e. The molecule has 0 aromatic carbocycles. The molecule has 2 N–H and O–H groups in total. The number of anilines is 2. The Morgan fingerprint density at radius 1 is 1.25 bits per heavy atom. The smallest absolute Gasteiger partial charge is 0.222 e. The molecule has 20 heavy (non-hydrogen) atoms. The summed E-state index contributed by atoms with van der Waals surface area (Å²) in [5, 5.41) is 0. The summed E-state index contributed by atoms with van der Waals surface area (Å²) in [5.41, 5.74) is 8.38. The number of aryl methyl sites for hydroxylation is 1. The lowest BCUT2D eigenvalue weighted by atomic mass is 9.95. The molecule has 1 unspecified atom stereocenters. The van der Waals surface area contributed by atoms with E-state index in [2.05, 4.69) is 28.7 Å². The van der Waals surface area contributed by atoms with Gasteiger partial charge < -0.3 is 15.4 Å². The molecule has 0 amide bonds. The van der Waals surface area contributed by atoms with Gasteiger partial charge in [-0.2, -0.15) is 4.98 Å². The molecule has 0 bridgehead atoms. The van der Waals surface area contributed by atoms with Crippen LogP contribution < -0.4 is 10.6 Å². The van der Waals surface area contributed by atoms with E-state index in [1.165, 1.54) is 18.4 Å². The molecule has 110 valence electrons. The minimum atomic E-state index is 0.277. The zero-order chi connectivity index (χ0) is 14.1. The number of aromatic nitrogens is 2. The van der Waals surface area contributed by atoms with E-state index in [-0.39, 0.29) is 6.10 Å². The van der Waals surface area contributed by atoms with E-state index >= 15 is 0 Å². The quantitative estimate of drug-likeness (QED) is 0.892. The summed E-state index contributed by atoms with van der Waals surface area (Å²) in [5.74, 6) is 1.99. The maximum absolute atomic E-state index is 5.90. The van der Waals surface area contributed by atoms with Crippen LogP contribution in [0.1, 0.15) is 37.9 Å². The second-order valence-corrected chi connectivity index (χ2v) is 6.14. The number of morpholine rings is 1. The number of ether oxygens (including phenoxy) is 1. The summed E-state index contributed by atoms with van der Waals surface area (Å²) in [6.07, 6.45) is 4.83. The van der Waals surface area contributed by atoms with E-state index in [1.807, 2.05) is 0 Å². The Kier molecular flexibility index (Phi) is 3.78. The lowest BCUT2D eigenvalue weighted by molar-refractivity contribution is 0.0111. The van der Waals surface area contributed by atoms with Crippen molar-refractivity contribution < 1.29 is 4.74 Å². The highest BCUT2D eigenvalue weighted by atomic mass is 16.5. The molecule has 2 heterocycles. The summed E-state index contributed by atoms with van der Waals surface area (Å²) in [4.78, 5) is 11.3. The Balaban J connectivity index is 1.91. The van der Waals surface area contributed by atoms with Crippen molar-refractivity contribution in [3.05, 3.63) is 11.3 Å². The van der Waals surface area contributed by atoms with Crippen LogP contribution in [0.2, 0.25) is 0 Å². The molecule has 1 atom stereocenters. The van der Waals surface area contributed by atoms with Gasteiger partial charge in [0.15, 0.2) is 0 Å². The van der Waals surface area contributed by atoms with Gasteiger partial charge in [-0.15, -0.1) is 0 Å². The highest BCUT2D eigenvalue weighted by molar-refractivity contribution is 5.53. The van der Waals surface area contributed by atoms with Crippen LogP contribution in [0.3, 0.4) is 0 Å². The average molecular weight is 276 g/mol. The first kappa shape index (κ1) is 13.6. The predicted octanol–water partition coefficient (Wildman–Crippen LogP) is 1.80. The van der Waals surface area contributed by atoms with Crippen LogP contribution in [-0.4, -0.2) is 35.8 Å². The van der Waals surface area contributed by atoms with Crippen LogP contribution in [0.15, 0.2) is 0 Å². The summed E-state index contributed by atoms with van der Waals surface area (Å²) in [6, 6.07) is 0. The van der Waals surface area contributed by atoms with Crippen LogP contribution >= 0.6 is 0 Å². The van der Waals surface area contributed by atoms with Crippen molar-refractivity contribution in [3.63, 3.8) is 0 Å². The third-order valence-corrected chi connectivity index (χ3v) is 4.32. The topological polar surface area (TPSA) is 64.3 Å². The zero-order valence-corrected chi connectivity index (χ0v) is 12.4. The van der Waals surface area contributed by atoms with Crippen molar-refractivity contribution in [2.75, 3.05) is 30.3 Å². The van der Waals surface area contributed by atoms with Crippen LogP contribution in [0.25, 0.3) is 0 Å². The fraction of sp³-hybridized carbons (Fsp3) is 0.733. The van der Waals surface area contributed by atoms with E-state index in [1.54, 1.807) is 0 Å². The first-order valence-corrected chi connectivity index (χ1v) is 7.67. The number of fused-ring (bicyclic) bond motifs is 1. The molecular formula is C15H24N4O. The summed E-state index contributed by atoms with van der Waals surface area (Å²) in [7, 11) is 0. The van der Waals surface area contributed by atoms with E-state index in [4.69, 9.17) is 10.5 Å². The van der Waals surface area contributed by atoms with Gasteiger partial charge in [0.25, 0.3) is 0 Å². The molecule has 1 fully saturated rings. The first-order valence-electron chi connectivity index (χ1n) is 7.67. The van der Waals surface area contributed by atoms with E-state index in [9.17, 15) is 0 Å². The molecule has 3 rings (SSSR count). The molecule has 0 radical (unpaired) electrons. The minimum absolute atomic E-state index is 0.277. The van der Waals surface area contributed by atoms with Crippen molar-refractivity contribution in [3.8, 4) is 0 Å². The van der Waals surface area contributed by atoms with Crippen molar-refractivity contribution in [2.24, 2.45) is 5.92 Å². The Morgan fingerprint density at radius 2 is 2.05 bits per heavy atom. The maximum atomic E-state index is 5.90. The fourth-order valence-electron chi connectivity index (χ4n) is 3.13. The van der Waals surface area contributed by atoms with Crippen LogP contribution in [0, 0.1) is 5.92 Å². The van der Waals surface area contributed by atoms with Gasteiger partial charge in [0.1, 0.15) is 5.82 Å². The van der Waals surface area contributed by atoms with Gasteiger partial charge in [-0.3, -0.25) is 0 Å². The van der Waals surface area contributed by atoms with Gasteiger partial charge in [-0.05, 0) is 31.6 Å². The Hall–Kier alpha value is -1.36. The van der Waals surface area contributed by atoms with Crippen LogP contribution in [-0.2, 0) is 17.6 Å². The molecule has 1 aliphatic carbocycles. The predicted molar refractivity (Wildman–Crippen MR) is 79.9 cm³/mol. The monoisotopic (exact) mass is 276 g/mol. The van der Waals surface area contributed by atoms with Crippen LogP contribution in [0.5, 0.6) is 0 Å². The fourth-order valence-corrected chi connectivity index (χ4v) is 3.13. The van der Waals surface area contributed by atoms with Crippen molar-refractivity contribution in [1.82, 2.24) is 9.97 Å². The average Bonchev–Trinajstić information content (AvgIpc) is 2.46. The first-order chi connectivity index (χ1) is 9.65. The minimum Gasteiger partial charge on any atom is -0.374 e.